The highest BCUT2D eigenvalue weighted by Crippen LogP contribution is 2.30. The second kappa shape index (κ2) is 5.98. The van der Waals surface area contributed by atoms with Crippen LogP contribution in [0.3, 0.4) is 0 Å². The molecular weight excluding hydrogens is 274 g/mol. The summed E-state index contributed by atoms with van der Waals surface area (Å²) >= 11 is 1.78. The van der Waals surface area contributed by atoms with Crippen LogP contribution in [0.1, 0.15) is 43.7 Å². The predicted octanol–water partition coefficient (Wildman–Crippen LogP) is 6.18. The minimum absolute atomic E-state index is 0.647. The number of rotatable bonds is 4. The van der Waals surface area contributed by atoms with Gasteiger partial charge in [-0.2, -0.15) is 0 Å². The van der Waals surface area contributed by atoms with Gasteiger partial charge in [-0.15, -0.1) is 11.3 Å². The molecule has 0 amide bonds. The van der Waals surface area contributed by atoms with Gasteiger partial charge in [-0.25, -0.2) is 0 Å². The second-order valence-corrected chi connectivity index (χ2v) is 6.62. The largest absolute Gasteiger partial charge is 0.256 e. The van der Waals surface area contributed by atoms with Crippen LogP contribution in [-0.2, 0) is 0 Å². The van der Waals surface area contributed by atoms with E-state index in [4.69, 9.17) is 0 Å². The number of nitrogens with zero attached hydrogens (tertiary/aromatic N) is 1. The lowest BCUT2D eigenvalue weighted by molar-refractivity contribution is 0.641. The van der Waals surface area contributed by atoms with Crippen LogP contribution < -0.4 is 0 Å². The van der Waals surface area contributed by atoms with Crippen molar-refractivity contribution in [3.63, 3.8) is 0 Å². The van der Waals surface area contributed by atoms with E-state index in [0.717, 1.165) is 5.69 Å². The SMILES string of the molecule is CCC(CC)c1cc(C)cc(-c2cc3sccc3cn2)c1. The van der Waals surface area contributed by atoms with Crippen molar-refractivity contribution >= 4 is 21.4 Å². The molecule has 0 fully saturated rings. The maximum absolute atomic E-state index is 4.65. The Kier molecular flexibility index (Phi) is 4.07. The highest BCUT2D eigenvalue weighted by molar-refractivity contribution is 7.17. The maximum atomic E-state index is 4.65. The summed E-state index contributed by atoms with van der Waals surface area (Å²) in [6.45, 7) is 6.72. The van der Waals surface area contributed by atoms with E-state index in [1.54, 1.807) is 11.3 Å². The minimum atomic E-state index is 0.647. The fourth-order valence-electron chi connectivity index (χ4n) is 2.97. The van der Waals surface area contributed by atoms with Gasteiger partial charge in [-0.05, 0) is 60.9 Å². The summed E-state index contributed by atoms with van der Waals surface area (Å²) in [6.07, 6.45) is 4.37. The minimum Gasteiger partial charge on any atom is -0.256 e. The molecule has 21 heavy (non-hydrogen) atoms. The first-order chi connectivity index (χ1) is 10.2. The first-order valence-electron chi connectivity index (χ1n) is 7.66. The fraction of sp³-hybridized carbons (Fsp3) is 0.316. The van der Waals surface area contributed by atoms with Gasteiger partial charge >= 0.3 is 0 Å². The molecule has 0 spiro atoms. The van der Waals surface area contributed by atoms with E-state index in [1.165, 1.54) is 39.6 Å². The van der Waals surface area contributed by atoms with E-state index in [-0.39, 0.29) is 0 Å². The summed E-state index contributed by atoms with van der Waals surface area (Å²) in [5.74, 6) is 0.647. The molecule has 0 unspecified atom stereocenters. The highest BCUT2D eigenvalue weighted by atomic mass is 32.1. The Morgan fingerprint density at radius 3 is 2.67 bits per heavy atom. The van der Waals surface area contributed by atoms with Crippen LogP contribution in [0.2, 0.25) is 0 Å². The molecule has 0 aliphatic carbocycles. The molecule has 108 valence electrons. The zero-order chi connectivity index (χ0) is 14.8. The normalized spacial score (nSPS) is 11.4. The van der Waals surface area contributed by atoms with Crippen molar-refractivity contribution in [1.82, 2.24) is 4.98 Å². The van der Waals surface area contributed by atoms with Gasteiger partial charge in [0.05, 0.1) is 5.69 Å². The third-order valence-corrected chi connectivity index (χ3v) is 5.07. The Bertz CT molecular complexity index is 753. The average Bonchev–Trinajstić information content (AvgIpc) is 2.95. The van der Waals surface area contributed by atoms with Crippen molar-refractivity contribution in [1.29, 1.82) is 0 Å². The average molecular weight is 295 g/mol. The van der Waals surface area contributed by atoms with Crippen molar-refractivity contribution in [2.24, 2.45) is 0 Å². The number of aryl methyl sites for hydroxylation is 1. The Hall–Kier alpha value is -1.67. The van der Waals surface area contributed by atoms with Crippen LogP contribution in [0.5, 0.6) is 0 Å². The van der Waals surface area contributed by atoms with Crippen LogP contribution in [0.25, 0.3) is 21.3 Å². The van der Waals surface area contributed by atoms with E-state index in [0.29, 0.717) is 5.92 Å². The van der Waals surface area contributed by atoms with Gasteiger partial charge < -0.3 is 0 Å². The summed E-state index contributed by atoms with van der Waals surface area (Å²) in [6, 6.07) is 11.2. The Labute approximate surface area is 130 Å². The zero-order valence-corrected chi connectivity index (χ0v) is 13.7. The van der Waals surface area contributed by atoms with Crippen molar-refractivity contribution < 1.29 is 0 Å². The van der Waals surface area contributed by atoms with Crippen molar-refractivity contribution in [2.45, 2.75) is 39.5 Å². The Morgan fingerprint density at radius 1 is 1.10 bits per heavy atom. The summed E-state index contributed by atoms with van der Waals surface area (Å²) in [4.78, 5) is 4.65. The molecule has 0 bridgehead atoms. The Balaban J connectivity index is 2.08. The summed E-state index contributed by atoms with van der Waals surface area (Å²) in [7, 11) is 0. The molecular formula is C19H21NS. The first-order valence-corrected chi connectivity index (χ1v) is 8.54. The number of aromatic nitrogens is 1. The van der Waals surface area contributed by atoms with Gasteiger partial charge in [-0.3, -0.25) is 4.98 Å². The number of benzene rings is 1. The van der Waals surface area contributed by atoms with Crippen molar-refractivity contribution in [3.05, 3.63) is 53.0 Å². The van der Waals surface area contributed by atoms with E-state index in [9.17, 15) is 0 Å². The Morgan fingerprint density at radius 2 is 1.90 bits per heavy atom. The van der Waals surface area contributed by atoms with Crippen LogP contribution in [0.15, 0.2) is 41.9 Å². The standard InChI is InChI=1S/C19H21NS/c1-4-14(5-2)16-8-13(3)9-17(10-16)18-11-19-15(12-20-18)6-7-21-19/h6-12,14H,4-5H2,1-3H3. The number of hydrogen-bond donors (Lipinski definition) is 0. The summed E-state index contributed by atoms with van der Waals surface area (Å²) < 4.78 is 1.31. The molecule has 0 atom stereocenters. The number of pyridine rings is 1. The van der Waals surface area contributed by atoms with E-state index < -0.39 is 0 Å². The number of hydrogen-bond acceptors (Lipinski definition) is 2. The van der Waals surface area contributed by atoms with Gasteiger partial charge in [0.1, 0.15) is 0 Å². The molecule has 2 aromatic heterocycles. The van der Waals surface area contributed by atoms with Crippen molar-refractivity contribution in [2.75, 3.05) is 0 Å². The zero-order valence-electron chi connectivity index (χ0n) is 12.9. The van der Waals surface area contributed by atoms with Gasteiger partial charge in [-0.1, -0.05) is 25.5 Å². The summed E-state index contributed by atoms with van der Waals surface area (Å²) in [5.41, 5.74) is 5.10. The van der Waals surface area contributed by atoms with Gasteiger partial charge in [0.15, 0.2) is 0 Å². The lowest BCUT2D eigenvalue weighted by Crippen LogP contribution is -1.97. The molecule has 3 aromatic rings. The topological polar surface area (TPSA) is 12.9 Å². The van der Waals surface area contributed by atoms with Gasteiger partial charge in [0.25, 0.3) is 0 Å². The summed E-state index contributed by atoms with van der Waals surface area (Å²) in [5, 5.41) is 3.36. The van der Waals surface area contributed by atoms with E-state index in [1.807, 2.05) is 6.20 Å². The first kappa shape index (κ1) is 14.3. The molecule has 1 nitrogen and oxygen atoms in total. The van der Waals surface area contributed by atoms with Crippen LogP contribution >= 0.6 is 11.3 Å². The molecule has 2 heteroatoms. The highest BCUT2D eigenvalue weighted by Gasteiger charge is 2.10. The lowest BCUT2D eigenvalue weighted by Gasteiger charge is -2.15. The van der Waals surface area contributed by atoms with Crippen LogP contribution in [-0.4, -0.2) is 4.98 Å². The molecule has 0 saturated carbocycles. The third kappa shape index (κ3) is 2.86. The molecule has 2 heterocycles. The molecule has 0 saturated heterocycles. The monoisotopic (exact) mass is 295 g/mol. The molecule has 0 radical (unpaired) electrons. The van der Waals surface area contributed by atoms with Gasteiger partial charge in [0, 0.05) is 21.8 Å². The van der Waals surface area contributed by atoms with Gasteiger partial charge in [0.2, 0.25) is 0 Å². The lowest BCUT2D eigenvalue weighted by atomic mass is 9.90. The van der Waals surface area contributed by atoms with E-state index in [2.05, 4.69) is 61.5 Å². The quantitative estimate of drug-likeness (QED) is 0.560. The second-order valence-electron chi connectivity index (χ2n) is 5.67. The predicted molar refractivity (Wildman–Crippen MR) is 93.1 cm³/mol. The molecule has 0 aliphatic heterocycles. The fourth-order valence-corrected chi connectivity index (χ4v) is 3.77. The maximum Gasteiger partial charge on any atom is 0.0716 e. The van der Waals surface area contributed by atoms with Crippen LogP contribution in [0.4, 0.5) is 0 Å². The van der Waals surface area contributed by atoms with E-state index >= 15 is 0 Å². The molecule has 3 rings (SSSR count). The number of thiophene rings is 1. The third-order valence-electron chi connectivity index (χ3n) is 4.19. The molecule has 0 aliphatic rings. The van der Waals surface area contributed by atoms with Crippen LogP contribution in [0, 0.1) is 6.92 Å². The number of fused-ring (bicyclic) bond motifs is 1. The van der Waals surface area contributed by atoms with Crippen molar-refractivity contribution in [3.8, 4) is 11.3 Å². The smallest absolute Gasteiger partial charge is 0.0716 e. The molecule has 0 N–H and O–H groups in total. The molecule has 1 aromatic carbocycles.